The molecule has 0 aliphatic carbocycles. The van der Waals surface area contributed by atoms with Gasteiger partial charge in [0, 0.05) is 36.6 Å². The van der Waals surface area contributed by atoms with E-state index in [1.807, 2.05) is 17.9 Å². The van der Waals surface area contributed by atoms with Crippen molar-refractivity contribution >= 4 is 29.1 Å². The van der Waals surface area contributed by atoms with Crippen molar-refractivity contribution in [3.8, 4) is 5.75 Å². The number of halogens is 1. The summed E-state index contributed by atoms with van der Waals surface area (Å²) in [5.41, 5.74) is 2.14. The van der Waals surface area contributed by atoms with Crippen molar-refractivity contribution in [1.29, 1.82) is 0 Å². The fourth-order valence-electron chi connectivity index (χ4n) is 2.95. The fourth-order valence-corrected chi connectivity index (χ4v) is 3.10. The molecule has 1 saturated heterocycles. The molecule has 1 N–H and O–H groups in total. The Balaban J connectivity index is 1.72. The van der Waals surface area contributed by atoms with Gasteiger partial charge in [-0.25, -0.2) is 9.97 Å². The van der Waals surface area contributed by atoms with Crippen LogP contribution in [0.15, 0.2) is 24.5 Å². The van der Waals surface area contributed by atoms with Crippen LogP contribution in [-0.2, 0) is 0 Å². The zero-order valence-corrected chi connectivity index (χ0v) is 16.0. The minimum atomic E-state index is -0.0108. The minimum absolute atomic E-state index is 0.0108. The van der Waals surface area contributed by atoms with E-state index >= 15 is 0 Å². The number of carbonyl (C=O) groups excluding carboxylic acids is 1. The second-order valence-corrected chi connectivity index (χ2v) is 7.10. The van der Waals surface area contributed by atoms with Crippen LogP contribution in [0.3, 0.4) is 0 Å². The Labute approximate surface area is 158 Å². The molecule has 1 amide bonds. The third-order valence-electron chi connectivity index (χ3n) is 4.70. The number of hydrogen-bond donors (Lipinski definition) is 1. The highest BCUT2D eigenvalue weighted by molar-refractivity contribution is 6.31. The molecule has 2 aromatic rings. The number of piperidine rings is 1. The number of anilines is 2. The summed E-state index contributed by atoms with van der Waals surface area (Å²) in [5, 5.41) is 3.74. The van der Waals surface area contributed by atoms with Crippen molar-refractivity contribution in [2.75, 3.05) is 25.5 Å². The minimum Gasteiger partial charge on any atom is -0.495 e. The predicted octanol–water partition coefficient (Wildman–Crippen LogP) is 4.06. The Bertz CT molecular complexity index is 787. The average molecular weight is 375 g/mol. The molecule has 1 aromatic carbocycles. The van der Waals surface area contributed by atoms with Gasteiger partial charge in [0.25, 0.3) is 5.91 Å². The molecule has 2 heterocycles. The standard InChI is InChI=1S/C19H23ClN4O2/c1-12-4-6-24(7-5-12)18(25)14-10-21-19(22-11-14)23-16-8-13(2)15(20)9-17(16)26-3/h8-12H,4-7H2,1-3H3,(H,21,22,23). The quantitative estimate of drug-likeness (QED) is 0.873. The third kappa shape index (κ3) is 4.07. The van der Waals surface area contributed by atoms with Crippen molar-refractivity contribution in [1.82, 2.24) is 14.9 Å². The second kappa shape index (κ2) is 7.91. The Morgan fingerprint density at radius 2 is 1.92 bits per heavy atom. The Kier molecular flexibility index (Phi) is 5.61. The van der Waals surface area contributed by atoms with Crippen LogP contribution in [0.5, 0.6) is 5.75 Å². The molecule has 1 aromatic heterocycles. The number of ether oxygens (including phenoxy) is 1. The van der Waals surface area contributed by atoms with E-state index in [0.717, 1.165) is 37.2 Å². The summed E-state index contributed by atoms with van der Waals surface area (Å²) in [6.45, 7) is 5.72. The lowest BCUT2D eigenvalue weighted by atomic mass is 9.99. The molecule has 1 aliphatic rings. The van der Waals surface area contributed by atoms with E-state index in [2.05, 4.69) is 22.2 Å². The summed E-state index contributed by atoms with van der Waals surface area (Å²) >= 11 is 6.12. The number of rotatable bonds is 4. The zero-order valence-electron chi connectivity index (χ0n) is 15.3. The Morgan fingerprint density at radius 3 is 2.54 bits per heavy atom. The third-order valence-corrected chi connectivity index (χ3v) is 5.10. The number of nitrogens with zero attached hydrogens (tertiary/aromatic N) is 3. The molecule has 1 aliphatic heterocycles. The highest BCUT2D eigenvalue weighted by Gasteiger charge is 2.22. The zero-order chi connectivity index (χ0) is 18.7. The number of methoxy groups -OCH3 is 1. The van der Waals surface area contributed by atoms with Crippen LogP contribution in [0.25, 0.3) is 0 Å². The molecule has 1 fully saturated rings. The highest BCUT2D eigenvalue weighted by Crippen LogP contribution is 2.32. The van der Waals surface area contributed by atoms with Crippen LogP contribution in [0.4, 0.5) is 11.6 Å². The normalized spacial score (nSPS) is 15.0. The van der Waals surface area contributed by atoms with E-state index in [1.54, 1.807) is 25.6 Å². The number of nitrogens with one attached hydrogen (secondary N) is 1. The number of aromatic nitrogens is 2. The Hall–Kier alpha value is -2.34. The van der Waals surface area contributed by atoms with Gasteiger partial charge in [0.1, 0.15) is 5.75 Å². The Morgan fingerprint density at radius 1 is 1.27 bits per heavy atom. The van der Waals surface area contributed by atoms with Crippen LogP contribution in [-0.4, -0.2) is 41.0 Å². The molecule has 6 nitrogen and oxygen atoms in total. The molecule has 3 rings (SSSR count). The van der Waals surface area contributed by atoms with E-state index in [-0.39, 0.29) is 5.91 Å². The SMILES string of the molecule is COc1cc(Cl)c(C)cc1Nc1ncc(C(=O)N2CCC(C)CC2)cn1. The lowest BCUT2D eigenvalue weighted by Crippen LogP contribution is -2.38. The van der Waals surface area contributed by atoms with Gasteiger partial charge in [-0.05, 0) is 37.3 Å². The van der Waals surface area contributed by atoms with E-state index in [1.165, 1.54) is 0 Å². The average Bonchev–Trinajstić information content (AvgIpc) is 2.65. The smallest absolute Gasteiger partial charge is 0.256 e. The van der Waals surface area contributed by atoms with Gasteiger partial charge in [-0.3, -0.25) is 4.79 Å². The number of likely N-dealkylation sites (tertiary alicyclic amines) is 1. The maximum absolute atomic E-state index is 12.5. The number of carbonyl (C=O) groups is 1. The summed E-state index contributed by atoms with van der Waals surface area (Å²) in [7, 11) is 1.58. The van der Waals surface area contributed by atoms with Crippen LogP contribution in [0.2, 0.25) is 5.02 Å². The van der Waals surface area contributed by atoms with Gasteiger partial charge < -0.3 is 15.0 Å². The van der Waals surface area contributed by atoms with Gasteiger partial charge in [0.15, 0.2) is 0 Å². The first-order chi connectivity index (χ1) is 12.5. The van der Waals surface area contributed by atoms with Gasteiger partial charge in [0.2, 0.25) is 5.95 Å². The first kappa shape index (κ1) is 18.5. The van der Waals surface area contributed by atoms with Crippen molar-refractivity contribution in [2.24, 2.45) is 5.92 Å². The van der Waals surface area contributed by atoms with Crippen molar-refractivity contribution in [3.63, 3.8) is 0 Å². The van der Waals surface area contributed by atoms with Crippen molar-refractivity contribution in [3.05, 3.63) is 40.7 Å². The maximum atomic E-state index is 12.5. The monoisotopic (exact) mass is 374 g/mol. The molecule has 26 heavy (non-hydrogen) atoms. The molecule has 0 unspecified atom stereocenters. The van der Waals surface area contributed by atoms with Gasteiger partial charge in [-0.1, -0.05) is 18.5 Å². The topological polar surface area (TPSA) is 67.3 Å². The van der Waals surface area contributed by atoms with Crippen LogP contribution >= 0.6 is 11.6 Å². The lowest BCUT2D eigenvalue weighted by Gasteiger charge is -2.30. The number of hydrogen-bond acceptors (Lipinski definition) is 5. The fraction of sp³-hybridized carbons (Fsp3) is 0.421. The largest absolute Gasteiger partial charge is 0.495 e. The lowest BCUT2D eigenvalue weighted by molar-refractivity contribution is 0.0696. The van der Waals surface area contributed by atoms with E-state index in [9.17, 15) is 4.79 Å². The highest BCUT2D eigenvalue weighted by atomic mass is 35.5. The van der Waals surface area contributed by atoms with Gasteiger partial charge in [-0.2, -0.15) is 0 Å². The first-order valence-electron chi connectivity index (χ1n) is 8.70. The van der Waals surface area contributed by atoms with Gasteiger partial charge >= 0.3 is 0 Å². The molecule has 0 saturated carbocycles. The van der Waals surface area contributed by atoms with E-state index < -0.39 is 0 Å². The summed E-state index contributed by atoms with van der Waals surface area (Å²) in [6.07, 6.45) is 5.21. The van der Waals surface area contributed by atoms with Crippen LogP contribution in [0, 0.1) is 12.8 Å². The number of benzene rings is 1. The van der Waals surface area contributed by atoms with Gasteiger partial charge in [-0.15, -0.1) is 0 Å². The van der Waals surface area contributed by atoms with E-state index in [0.29, 0.717) is 28.2 Å². The van der Waals surface area contributed by atoms with Crippen LogP contribution in [0.1, 0.15) is 35.7 Å². The molecule has 0 radical (unpaired) electrons. The molecule has 7 heteroatoms. The molecule has 0 bridgehead atoms. The molecule has 138 valence electrons. The molecular formula is C19H23ClN4O2. The van der Waals surface area contributed by atoms with E-state index in [4.69, 9.17) is 16.3 Å². The number of aryl methyl sites for hydroxylation is 1. The summed E-state index contributed by atoms with van der Waals surface area (Å²) in [4.78, 5) is 23.0. The maximum Gasteiger partial charge on any atom is 0.256 e. The van der Waals surface area contributed by atoms with Gasteiger partial charge in [0.05, 0.1) is 18.4 Å². The van der Waals surface area contributed by atoms with Crippen molar-refractivity contribution in [2.45, 2.75) is 26.7 Å². The number of amides is 1. The second-order valence-electron chi connectivity index (χ2n) is 6.70. The summed E-state index contributed by atoms with van der Waals surface area (Å²) < 4.78 is 5.34. The summed E-state index contributed by atoms with van der Waals surface area (Å²) in [6, 6.07) is 3.62. The summed E-state index contributed by atoms with van der Waals surface area (Å²) in [5.74, 6) is 1.67. The predicted molar refractivity (Wildman–Crippen MR) is 102 cm³/mol. The first-order valence-corrected chi connectivity index (χ1v) is 9.08. The molecular weight excluding hydrogens is 352 g/mol. The molecule has 0 spiro atoms. The molecule has 0 atom stereocenters. The van der Waals surface area contributed by atoms with Crippen LogP contribution < -0.4 is 10.1 Å². The van der Waals surface area contributed by atoms with Crippen molar-refractivity contribution < 1.29 is 9.53 Å².